The van der Waals surface area contributed by atoms with Crippen LogP contribution >= 0.6 is 0 Å². The maximum absolute atomic E-state index is 13.6. The molecule has 0 bridgehead atoms. The van der Waals surface area contributed by atoms with Crippen molar-refractivity contribution in [2.24, 2.45) is 0 Å². The molecule has 1 N–H and O–H groups in total. The number of nitro groups is 1. The zero-order valence-corrected chi connectivity index (χ0v) is 10.2. The van der Waals surface area contributed by atoms with Gasteiger partial charge in [-0.25, -0.2) is 4.39 Å². The molecule has 1 unspecified atom stereocenters. The highest BCUT2D eigenvalue weighted by atomic mass is 19.1. The van der Waals surface area contributed by atoms with Crippen molar-refractivity contribution in [2.75, 3.05) is 5.32 Å². The van der Waals surface area contributed by atoms with Gasteiger partial charge < -0.3 is 5.32 Å². The quantitative estimate of drug-likeness (QED) is 0.677. The van der Waals surface area contributed by atoms with Crippen LogP contribution in [0.3, 0.4) is 0 Å². The number of hydrogen-bond acceptors (Lipinski definition) is 4. The summed E-state index contributed by atoms with van der Waals surface area (Å²) in [5.74, 6) is -0.522. The average Bonchev–Trinajstić information content (AvgIpc) is 2.42. The Hall–Kier alpha value is -2.50. The van der Waals surface area contributed by atoms with Crippen LogP contribution < -0.4 is 5.32 Å². The van der Waals surface area contributed by atoms with E-state index in [9.17, 15) is 14.5 Å². The van der Waals surface area contributed by atoms with Crippen molar-refractivity contribution >= 4 is 11.4 Å². The fraction of sp³-hybridized carbons (Fsp3) is 0.154. The third-order valence-corrected chi connectivity index (χ3v) is 2.74. The maximum atomic E-state index is 13.6. The first-order valence-electron chi connectivity index (χ1n) is 5.68. The lowest BCUT2D eigenvalue weighted by atomic mass is 10.1. The number of aromatic nitrogens is 1. The second-order valence-electron chi connectivity index (χ2n) is 4.07. The molecule has 0 aliphatic carbocycles. The lowest BCUT2D eigenvalue weighted by Gasteiger charge is -2.15. The molecule has 0 spiro atoms. The number of nitrogens with one attached hydrogen (secondary N) is 1. The van der Waals surface area contributed by atoms with Crippen molar-refractivity contribution < 1.29 is 9.31 Å². The summed E-state index contributed by atoms with van der Waals surface area (Å²) < 4.78 is 13.6. The van der Waals surface area contributed by atoms with Crippen molar-refractivity contribution in [3.63, 3.8) is 0 Å². The summed E-state index contributed by atoms with van der Waals surface area (Å²) >= 11 is 0. The molecule has 0 fully saturated rings. The van der Waals surface area contributed by atoms with E-state index >= 15 is 0 Å². The highest BCUT2D eigenvalue weighted by Gasteiger charge is 2.13. The molecule has 98 valence electrons. The normalized spacial score (nSPS) is 11.9. The molecular formula is C13H12FN3O2. The number of hydrogen-bond donors (Lipinski definition) is 1. The first-order chi connectivity index (χ1) is 9.08. The zero-order valence-electron chi connectivity index (χ0n) is 10.2. The minimum absolute atomic E-state index is 0.110. The van der Waals surface area contributed by atoms with Gasteiger partial charge in [0.15, 0.2) is 0 Å². The molecule has 5 nitrogen and oxygen atoms in total. The number of pyridine rings is 1. The SMILES string of the molecule is CC(Nc1cc([N+](=O)[O-])ccc1F)c1ccncc1. The summed E-state index contributed by atoms with van der Waals surface area (Å²) in [6.07, 6.45) is 3.27. The van der Waals surface area contributed by atoms with E-state index in [4.69, 9.17) is 0 Å². The molecule has 0 saturated heterocycles. The second kappa shape index (κ2) is 5.43. The topological polar surface area (TPSA) is 68.1 Å². The summed E-state index contributed by atoms with van der Waals surface area (Å²) in [6, 6.07) is 6.82. The lowest BCUT2D eigenvalue weighted by molar-refractivity contribution is -0.384. The zero-order chi connectivity index (χ0) is 13.8. The van der Waals surface area contributed by atoms with E-state index in [-0.39, 0.29) is 17.4 Å². The predicted octanol–water partition coefficient (Wildman–Crippen LogP) is 3.30. The molecule has 1 aromatic heterocycles. The Morgan fingerprint density at radius 3 is 2.63 bits per heavy atom. The van der Waals surface area contributed by atoms with Gasteiger partial charge in [-0.2, -0.15) is 0 Å². The minimum Gasteiger partial charge on any atom is -0.376 e. The van der Waals surface area contributed by atoms with E-state index in [1.807, 2.05) is 6.92 Å². The van der Waals surface area contributed by atoms with Crippen LogP contribution in [0, 0.1) is 15.9 Å². The first-order valence-corrected chi connectivity index (χ1v) is 5.68. The monoisotopic (exact) mass is 261 g/mol. The molecule has 2 aromatic rings. The van der Waals surface area contributed by atoms with Crippen LogP contribution in [0.2, 0.25) is 0 Å². The molecular weight excluding hydrogens is 249 g/mol. The van der Waals surface area contributed by atoms with E-state index < -0.39 is 10.7 Å². The van der Waals surface area contributed by atoms with E-state index in [0.717, 1.165) is 17.7 Å². The molecule has 1 heterocycles. The van der Waals surface area contributed by atoms with Crippen LogP contribution in [0.5, 0.6) is 0 Å². The van der Waals surface area contributed by atoms with Crippen LogP contribution in [-0.4, -0.2) is 9.91 Å². The van der Waals surface area contributed by atoms with Gasteiger partial charge in [-0.1, -0.05) is 0 Å². The third-order valence-electron chi connectivity index (χ3n) is 2.74. The molecule has 0 amide bonds. The number of nitro benzene ring substituents is 1. The van der Waals surface area contributed by atoms with Crippen LogP contribution in [0.1, 0.15) is 18.5 Å². The summed E-state index contributed by atoms with van der Waals surface area (Å²) in [5, 5.41) is 13.6. The van der Waals surface area contributed by atoms with Gasteiger partial charge in [0, 0.05) is 30.6 Å². The Labute approximate surface area is 109 Å². The number of rotatable bonds is 4. The van der Waals surface area contributed by atoms with Crippen LogP contribution in [0.4, 0.5) is 15.8 Å². The van der Waals surface area contributed by atoms with Crippen molar-refractivity contribution in [1.29, 1.82) is 0 Å². The summed E-state index contributed by atoms with van der Waals surface area (Å²) in [7, 11) is 0. The van der Waals surface area contributed by atoms with E-state index in [1.165, 1.54) is 6.07 Å². The number of nitrogens with zero attached hydrogens (tertiary/aromatic N) is 2. The smallest absolute Gasteiger partial charge is 0.271 e. The van der Waals surface area contributed by atoms with Crippen LogP contribution in [0.25, 0.3) is 0 Å². The minimum atomic E-state index is -0.554. The summed E-state index contributed by atoms with van der Waals surface area (Å²) in [4.78, 5) is 14.0. The molecule has 0 saturated carbocycles. The molecule has 1 atom stereocenters. The third kappa shape index (κ3) is 3.04. The second-order valence-corrected chi connectivity index (χ2v) is 4.07. The molecule has 0 aliphatic rings. The van der Waals surface area contributed by atoms with Gasteiger partial charge >= 0.3 is 0 Å². The maximum Gasteiger partial charge on any atom is 0.271 e. The standard InChI is InChI=1S/C13H12FN3O2/c1-9(10-4-6-15-7-5-10)16-13-8-11(17(18)19)2-3-12(13)14/h2-9,16H,1H3. The highest BCUT2D eigenvalue weighted by Crippen LogP contribution is 2.25. The Balaban J connectivity index is 2.23. The van der Waals surface area contributed by atoms with Gasteiger partial charge in [0.2, 0.25) is 0 Å². The molecule has 6 heteroatoms. The van der Waals surface area contributed by atoms with Crippen molar-refractivity contribution in [3.05, 3.63) is 64.2 Å². The van der Waals surface area contributed by atoms with Crippen molar-refractivity contribution in [3.8, 4) is 0 Å². The molecule has 0 aliphatic heterocycles. The van der Waals surface area contributed by atoms with Crippen molar-refractivity contribution in [2.45, 2.75) is 13.0 Å². The van der Waals surface area contributed by atoms with Gasteiger partial charge in [0.25, 0.3) is 5.69 Å². The lowest BCUT2D eigenvalue weighted by Crippen LogP contribution is -2.08. The fourth-order valence-corrected chi connectivity index (χ4v) is 1.71. The number of halogens is 1. The number of non-ortho nitro benzene ring substituents is 1. The summed E-state index contributed by atoms with van der Waals surface area (Å²) in [5.41, 5.74) is 0.880. The van der Waals surface area contributed by atoms with Gasteiger partial charge in [0.05, 0.1) is 10.6 Å². The highest BCUT2D eigenvalue weighted by molar-refractivity contribution is 5.53. The van der Waals surface area contributed by atoms with Gasteiger partial charge in [-0.15, -0.1) is 0 Å². The molecule has 19 heavy (non-hydrogen) atoms. The van der Waals surface area contributed by atoms with Gasteiger partial charge in [-0.3, -0.25) is 15.1 Å². The molecule has 0 radical (unpaired) electrons. The van der Waals surface area contributed by atoms with E-state index in [0.29, 0.717) is 0 Å². The van der Waals surface area contributed by atoms with E-state index in [1.54, 1.807) is 24.5 Å². The largest absolute Gasteiger partial charge is 0.376 e. The number of benzene rings is 1. The predicted molar refractivity (Wildman–Crippen MR) is 69.3 cm³/mol. The Bertz CT molecular complexity index is 590. The Morgan fingerprint density at radius 1 is 1.32 bits per heavy atom. The van der Waals surface area contributed by atoms with Crippen molar-refractivity contribution in [1.82, 2.24) is 4.98 Å². The van der Waals surface area contributed by atoms with Gasteiger partial charge in [0.1, 0.15) is 5.82 Å². The van der Waals surface area contributed by atoms with Gasteiger partial charge in [-0.05, 0) is 30.7 Å². The average molecular weight is 261 g/mol. The Morgan fingerprint density at radius 2 is 2.00 bits per heavy atom. The summed E-state index contributed by atoms with van der Waals surface area (Å²) in [6.45, 7) is 1.84. The number of anilines is 1. The van der Waals surface area contributed by atoms with Crippen LogP contribution in [0.15, 0.2) is 42.7 Å². The Kier molecular flexibility index (Phi) is 3.70. The van der Waals surface area contributed by atoms with E-state index in [2.05, 4.69) is 10.3 Å². The van der Waals surface area contributed by atoms with Crippen LogP contribution in [-0.2, 0) is 0 Å². The first kappa shape index (κ1) is 12.9. The fourth-order valence-electron chi connectivity index (χ4n) is 1.71. The molecule has 1 aromatic carbocycles. The molecule has 2 rings (SSSR count).